The number of nitro benzene ring substituents is 1. The zero-order valence-corrected chi connectivity index (χ0v) is 10.8. The maximum atomic E-state index is 13.3. The van der Waals surface area contributed by atoms with Crippen LogP contribution in [-0.4, -0.2) is 19.9 Å². The molecule has 0 aromatic heterocycles. The van der Waals surface area contributed by atoms with Crippen LogP contribution in [0.1, 0.15) is 13.3 Å². The van der Waals surface area contributed by atoms with E-state index in [9.17, 15) is 22.9 Å². The van der Waals surface area contributed by atoms with E-state index >= 15 is 0 Å². The van der Waals surface area contributed by atoms with Gasteiger partial charge >= 0.3 is 5.69 Å². The summed E-state index contributed by atoms with van der Waals surface area (Å²) in [5.41, 5.74) is -0.768. The Morgan fingerprint density at radius 3 is 2.68 bits per heavy atom. The lowest BCUT2D eigenvalue weighted by atomic mass is 10.3. The first-order valence-electron chi connectivity index (χ1n) is 5.21. The number of rotatable bonds is 5. The number of nitrogens with zero attached hydrogens (tertiary/aromatic N) is 1. The normalized spacial score (nSPS) is 10.6. The van der Waals surface area contributed by atoms with Crippen LogP contribution in [0.2, 0.25) is 0 Å². The third kappa shape index (κ3) is 4.01. The third-order valence-corrected chi connectivity index (χ3v) is 3.60. The number of nitrogens with one attached hydrogen (secondary N) is 1. The molecule has 0 heterocycles. The van der Waals surface area contributed by atoms with Gasteiger partial charge in [-0.1, -0.05) is 0 Å². The van der Waals surface area contributed by atoms with E-state index in [2.05, 4.69) is 16.6 Å². The van der Waals surface area contributed by atoms with Gasteiger partial charge in [-0.25, -0.2) is 13.1 Å². The summed E-state index contributed by atoms with van der Waals surface area (Å²) in [6.45, 7) is 1.71. The minimum absolute atomic E-state index is 0.0851. The fraction of sp³-hybridized carbons (Fsp3) is 0.273. The van der Waals surface area contributed by atoms with Gasteiger partial charge in [0.15, 0.2) is 0 Å². The van der Waals surface area contributed by atoms with E-state index in [4.69, 9.17) is 0 Å². The summed E-state index contributed by atoms with van der Waals surface area (Å²) >= 11 is 0. The molecule has 0 aliphatic carbocycles. The van der Waals surface area contributed by atoms with E-state index in [-0.39, 0.29) is 11.4 Å². The third-order valence-electron chi connectivity index (χ3n) is 2.15. The molecule has 8 heteroatoms. The molecule has 0 radical (unpaired) electrons. The molecule has 0 saturated carbocycles. The molecule has 102 valence electrons. The molecule has 0 atom stereocenters. The lowest BCUT2D eigenvalue weighted by Gasteiger charge is -2.05. The van der Waals surface area contributed by atoms with Gasteiger partial charge in [-0.2, -0.15) is 4.39 Å². The van der Waals surface area contributed by atoms with Crippen molar-refractivity contribution in [3.05, 3.63) is 34.1 Å². The smallest absolute Gasteiger partial charge is 0.258 e. The van der Waals surface area contributed by atoms with E-state index in [0.717, 1.165) is 12.1 Å². The number of hydrogen-bond acceptors (Lipinski definition) is 4. The first kappa shape index (κ1) is 15.1. The van der Waals surface area contributed by atoms with E-state index < -0.39 is 26.5 Å². The summed E-state index contributed by atoms with van der Waals surface area (Å²) in [5, 5.41) is 10.4. The van der Waals surface area contributed by atoms with Crippen LogP contribution >= 0.6 is 0 Å². The van der Waals surface area contributed by atoms with Gasteiger partial charge in [-0.15, -0.1) is 11.8 Å². The Bertz CT molecular complexity index is 646. The van der Waals surface area contributed by atoms with Gasteiger partial charge < -0.3 is 0 Å². The Morgan fingerprint density at radius 2 is 2.16 bits per heavy atom. The minimum Gasteiger partial charge on any atom is -0.258 e. The van der Waals surface area contributed by atoms with Gasteiger partial charge in [0.05, 0.1) is 9.82 Å². The Kier molecular flexibility index (Phi) is 4.97. The van der Waals surface area contributed by atoms with Gasteiger partial charge in [0, 0.05) is 25.1 Å². The number of halogens is 1. The predicted octanol–water partition coefficient (Wildman–Crippen LogP) is 1.43. The van der Waals surface area contributed by atoms with Crippen LogP contribution in [0, 0.1) is 27.8 Å². The highest BCUT2D eigenvalue weighted by molar-refractivity contribution is 7.89. The Labute approximate surface area is 109 Å². The summed E-state index contributed by atoms with van der Waals surface area (Å²) in [4.78, 5) is 9.13. The van der Waals surface area contributed by atoms with Crippen molar-refractivity contribution in [2.45, 2.75) is 18.2 Å². The molecule has 1 rings (SSSR count). The summed E-state index contributed by atoms with van der Waals surface area (Å²) in [7, 11) is -3.89. The fourth-order valence-corrected chi connectivity index (χ4v) is 2.30. The van der Waals surface area contributed by atoms with Crippen LogP contribution < -0.4 is 4.72 Å². The van der Waals surface area contributed by atoms with Crippen molar-refractivity contribution in [2.75, 3.05) is 6.54 Å². The molecular weight excluding hydrogens is 275 g/mol. The first-order valence-corrected chi connectivity index (χ1v) is 6.70. The average molecular weight is 286 g/mol. The zero-order chi connectivity index (χ0) is 14.5. The van der Waals surface area contributed by atoms with Gasteiger partial charge in [-0.05, 0) is 13.0 Å². The van der Waals surface area contributed by atoms with Gasteiger partial charge in [0.1, 0.15) is 0 Å². The van der Waals surface area contributed by atoms with Crippen molar-refractivity contribution >= 4 is 15.7 Å². The Balaban J connectivity index is 2.92. The molecule has 1 aromatic carbocycles. The van der Waals surface area contributed by atoms with Crippen LogP contribution in [0.4, 0.5) is 10.1 Å². The topological polar surface area (TPSA) is 89.3 Å². The molecular formula is C11H11FN2O4S. The Morgan fingerprint density at radius 1 is 1.47 bits per heavy atom. The molecule has 0 amide bonds. The average Bonchev–Trinajstić information content (AvgIpc) is 2.34. The molecule has 6 nitrogen and oxygen atoms in total. The van der Waals surface area contributed by atoms with Crippen LogP contribution in [-0.2, 0) is 10.0 Å². The number of sulfonamides is 1. The van der Waals surface area contributed by atoms with Crippen LogP contribution in [0.3, 0.4) is 0 Å². The second-order valence-corrected chi connectivity index (χ2v) is 5.21. The standard InChI is InChI=1S/C11H11FN2O4S/c1-2-3-4-7-13-19(17,18)9-5-6-11(14(15)16)10(12)8-9/h5-6,8,13H,4,7H2,1H3. The summed E-state index contributed by atoms with van der Waals surface area (Å²) < 4.78 is 39.0. The monoisotopic (exact) mass is 286 g/mol. The maximum Gasteiger partial charge on any atom is 0.304 e. The summed E-state index contributed by atoms with van der Waals surface area (Å²) in [5.74, 6) is 4.08. The Hall–Kier alpha value is -1.98. The molecule has 0 bridgehead atoms. The van der Waals surface area contributed by atoms with Crippen molar-refractivity contribution in [3.8, 4) is 11.8 Å². The van der Waals surface area contributed by atoms with Crippen molar-refractivity contribution in [1.29, 1.82) is 0 Å². The van der Waals surface area contributed by atoms with Crippen molar-refractivity contribution in [3.63, 3.8) is 0 Å². The zero-order valence-electron chi connectivity index (χ0n) is 10.0. The van der Waals surface area contributed by atoms with Gasteiger partial charge in [-0.3, -0.25) is 10.1 Å². The number of nitro groups is 1. The van der Waals surface area contributed by atoms with Crippen LogP contribution in [0.25, 0.3) is 0 Å². The van der Waals surface area contributed by atoms with E-state index in [1.165, 1.54) is 0 Å². The lowest BCUT2D eigenvalue weighted by molar-refractivity contribution is -0.387. The van der Waals surface area contributed by atoms with E-state index in [0.29, 0.717) is 12.5 Å². The second-order valence-electron chi connectivity index (χ2n) is 3.44. The first-order chi connectivity index (χ1) is 8.88. The van der Waals surface area contributed by atoms with Crippen molar-refractivity contribution in [1.82, 2.24) is 4.72 Å². The molecule has 0 spiro atoms. The number of hydrogen-bond donors (Lipinski definition) is 1. The summed E-state index contributed by atoms with van der Waals surface area (Å²) in [6.07, 6.45) is 0.325. The molecule has 0 aliphatic heterocycles. The van der Waals surface area contributed by atoms with Crippen LogP contribution in [0.5, 0.6) is 0 Å². The fourth-order valence-electron chi connectivity index (χ4n) is 1.26. The summed E-state index contributed by atoms with van der Waals surface area (Å²) in [6, 6.07) is 2.41. The largest absolute Gasteiger partial charge is 0.304 e. The minimum atomic E-state index is -3.89. The van der Waals surface area contributed by atoms with Crippen LogP contribution in [0.15, 0.2) is 23.1 Å². The van der Waals surface area contributed by atoms with E-state index in [1.54, 1.807) is 6.92 Å². The second kappa shape index (κ2) is 6.26. The molecule has 0 aliphatic rings. The van der Waals surface area contributed by atoms with Gasteiger partial charge in [0.2, 0.25) is 15.8 Å². The van der Waals surface area contributed by atoms with Gasteiger partial charge in [0.25, 0.3) is 0 Å². The molecule has 19 heavy (non-hydrogen) atoms. The highest BCUT2D eigenvalue weighted by atomic mass is 32.2. The number of benzene rings is 1. The van der Waals surface area contributed by atoms with Crippen molar-refractivity contribution in [2.24, 2.45) is 0 Å². The molecule has 0 unspecified atom stereocenters. The van der Waals surface area contributed by atoms with Crippen molar-refractivity contribution < 1.29 is 17.7 Å². The highest BCUT2D eigenvalue weighted by Crippen LogP contribution is 2.20. The van der Waals surface area contributed by atoms with E-state index in [1.807, 2.05) is 0 Å². The SMILES string of the molecule is CC#CCCNS(=O)(=O)c1ccc([N+](=O)[O-])c(F)c1. The highest BCUT2D eigenvalue weighted by Gasteiger charge is 2.20. The quantitative estimate of drug-likeness (QED) is 0.384. The predicted molar refractivity (Wildman–Crippen MR) is 66.3 cm³/mol. The maximum absolute atomic E-state index is 13.3. The lowest BCUT2D eigenvalue weighted by Crippen LogP contribution is -2.24. The molecule has 1 aromatic rings. The molecule has 0 saturated heterocycles. The molecule has 0 fully saturated rings. The molecule has 1 N–H and O–H groups in total.